The standard InChI is InChI=1S/C13H11BrN2O6/c1-22-9-4-6(2-7(14)11(9)19)3-8-12(20)16(5-10(17)18)13(21)15-8/h2-4,19H,5H2,1H3,(H,15,21)(H,17,18)/b8-3+. The molecule has 2 rings (SSSR count). The SMILES string of the molecule is COc1cc(/C=C2/NC(=O)N(CC(=O)O)C2=O)cc(Br)c1O. The van der Waals surface area contributed by atoms with E-state index in [1.54, 1.807) is 0 Å². The van der Waals surface area contributed by atoms with Gasteiger partial charge in [-0.25, -0.2) is 9.69 Å². The summed E-state index contributed by atoms with van der Waals surface area (Å²) >= 11 is 3.14. The van der Waals surface area contributed by atoms with E-state index in [0.717, 1.165) is 0 Å². The van der Waals surface area contributed by atoms with E-state index in [4.69, 9.17) is 9.84 Å². The van der Waals surface area contributed by atoms with E-state index in [1.165, 1.54) is 25.3 Å². The number of urea groups is 1. The van der Waals surface area contributed by atoms with Gasteiger partial charge in [0.25, 0.3) is 5.91 Å². The van der Waals surface area contributed by atoms with Crippen LogP contribution in [0.4, 0.5) is 4.79 Å². The van der Waals surface area contributed by atoms with E-state index in [1.807, 2.05) is 0 Å². The number of imide groups is 1. The Labute approximate surface area is 133 Å². The van der Waals surface area contributed by atoms with Crippen LogP contribution in [0.3, 0.4) is 0 Å². The van der Waals surface area contributed by atoms with Crippen LogP contribution in [0.25, 0.3) is 6.08 Å². The van der Waals surface area contributed by atoms with E-state index >= 15 is 0 Å². The molecule has 1 aromatic carbocycles. The third-order valence-corrected chi connectivity index (χ3v) is 3.44. The number of nitrogens with one attached hydrogen (secondary N) is 1. The number of benzene rings is 1. The smallest absolute Gasteiger partial charge is 0.329 e. The van der Waals surface area contributed by atoms with E-state index < -0.39 is 24.5 Å². The summed E-state index contributed by atoms with van der Waals surface area (Å²) in [7, 11) is 1.37. The van der Waals surface area contributed by atoms with Gasteiger partial charge >= 0.3 is 12.0 Å². The number of aromatic hydroxyl groups is 1. The first-order valence-corrected chi connectivity index (χ1v) is 6.75. The normalized spacial score (nSPS) is 16.1. The Morgan fingerprint density at radius 1 is 1.45 bits per heavy atom. The minimum Gasteiger partial charge on any atom is -0.503 e. The number of carbonyl (C=O) groups is 3. The Morgan fingerprint density at radius 3 is 2.73 bits per heavy atom. The highest BCUT2D eigenvalue weighted by Crippen LogP contribution is 2.35. The maximum Gasteiger partial charge on any atom is 0.329 e. The molecule has 3 N–H and O–H groups in total. The molecule has 1 fully saturated rings. The van der Waals surface area contributed by atoms with Gasteiger partial charge in [0.1, 0.15) is 12.2 Å². The van der Waals surface area contributed by atoms with Gasteiger partial charge in [-0.2, -0.15) is 0 Å². The summed E-state index contributed by atoms with van der Waals surface area (Å²) in [4.78, 5) is 34.8. The number of hydrogen-bond acceptors (Lipinski definition) is 5. The van der Waals surface area contributed by atoms with Gasteiger partial charge in [0.05, 0.1) is 11.6 Å². The second-order valence-corrected chi connectivity index (χ2v) is 5.18. The number of ether oxygens (including phenoxy) is 1. The molecular weight excluding hydrogens is 360 g/mol. The second kappa shape index (κ2) is 6.06. The van der Waals surface area contributed by atoms with Crippen molar-refractivity contribution in [2.24, 2.45) is 0 Å². The van der Waals surface area contributed by atoms with Crippen LogP contribution in [0.5, 0.6) is 11.5 Å². The highest BCUT2D eigenvalue weighted by Gasteiger charge is 2.34. The minimum absolute atomic E-state index is 0.0640. The summed E-state index contributed by atoms with van der Waals surface area (Å²) in [6, 6.07) is 2.18. The summed E-state index contributed by atoms with van der Waals surface area (Å²) in [5.41, 5.74) is 0.410. The number of phenolic OH excluding ortho intramolecular Hbond substituents is 1. The number of nitrogens with zero attached hydrogens (tertiary/aromatic N) is 1. The molecule has 1 aliphatic heterocycles. The van der Waals surface area contributed by atoms with Crippen molar-refractivity contribution in [2.75, 3.05) is 13.7 Å². The largest absolute Gasteiger partial charge is 0.503 e. The van der Waals surface area contributed by atoms with Crippen molar-refractivity contribution in [3.8, 4) is 11.5 Å². The highest BCUT2D eigenvalue weighted by atomic mass is 79.9. The maximum absolute atomic E-state index is 12.0. The van der Waals surface area contributed by atoms with Crippen LogP contribution in [0, 0.1) is 0 Å². The Balaban J connectivity index is 2.34. The molecule has 0 spiro atoms. The lowest BCUT2D eigenvalue weighted by Gasteiger charge is -2.07. The summed E-state index contributed by atoms with van der Waals surface area (Å²) in [6.07, 6.45) is 1.36. The molecule has 0 aromatic heterocycles. The van der Waals surface area contributed by atoms with Gasteiger partial charge in [-0.1, -0.05) is 0 Å². The predicted octanol–water partition coefficient (Wildman–Crippen LogP) is 1.14. The number of carbonyl (C=O) groups excluding carboxylic acids is 2. The Kier molecular flexibility index (Phi) is 4.36. The van der Waals surface area contributed by atoms with Gasteiger partial charge in [-0.05, 0) is 39.7 Å². The monoisotopic (exact) mass is 370 g/mol. The molecule has 0 unspecified atom stereocenters. The molecule has 8 nitrogen and oxygen atoms in total. The highest BCUT2D eigenvalue weighted by molar-refractivity contribution is 9.10. The molecule has 116 valence electrons. The zero-order chi connectivity index (χ0) is 16.4. The van der Waals surface area contributed by atoms with E-state index in [-0.39, 0.29) is 17.2 Å². The first-order chi connectivity index (χ1) is 10.3. The molecule has 9 heteroatoms. The molecule has 0 saturated carbocycles. The fourth-order valence-corrected chi connectivity index (χ4v) is 2.31. The van der Waals surface area contributed by atoms with Crippen LogP contribution in [0.1, 0.15) is 5.56 Å². The molecule has 0 aliphatic carbocycles. The van der Waals surface area contributed by atoms with Crippen LogP contribution < -0.4 is 10.1 Å². The predicted molar refractivity (Wildman–Crippen MR) is 78.2 cm³/mol. The van der Waals surface area contributed by atoms with E-state index in [0.29, 0.717) is 14.9 Å². The van der Waals surface area contributed by atoms with E-state index in [2.05, 4.69) is 21.2 Å². The molecule has 0 atom stereocenters. The van der Waals surface area contributed by atoms with Gasteiger partial charge in [0.15, 0.2) is 11.5 Å². The molecule has 1 aromatic rings. The lowest BCUT2D eigenvalue weighted by molar-refractivity contribution is -0.140. The number of halogens is 1. The Morgan fingerprint density at radius 2 is 2.14 bits per heavy atom. The quantitative estimate of drug-likeness (QED) is 0.540. The van der Waals surface area contributed by atoms with Gasteiger partial charge in [-0.15, -0.1) is 0 Å². The lowest BCUT2D eigenvalue weighted by atomic mass is 10.1. The fourth-order valence-electron chi connectivity index (χ4n) is 1.85. The average molecular weight is 371 g/mol. The minimum atomic E-state index is -1.29. The van der Waals surface area contributed by atoms with Crippen molar-refractivity contribution in [1.29, 1.82) is 0 Å². The molecule has 0 radical (unpaired) electrons. The van der Waals surface area contributed by atoms with Crippen molar-refractivity contribution in [3.63, 3.8) is 0 Å². The number of carboxylic acids is 1. The third kappa shape index (κ3) is 3.03. The van der Waals surface area contributed by atoms with Crippen molar-refractivity contribution < 1.29 is 29.3 Å². The van der Waals surface area contributed by atoms with Crippen molar-refractivity contribution in [1.82, 2.24) is 10.2 Å². The number of hydrogen-bond donors (Lipinski definition) is 3. The molecule has 22 heavy (non-hydrogen) atoms. The molecule has 3 amide bonds. The number of amides is 3. The summed E-state index contributed by atoms with van der Waals surface area (Å²) in [6.45, 7) is -0.718. The maximum atomic E-state index is 12.0. The first-order valence-electron chi connectivity index (χ1n) is 5.96. The van der Waals surface area contributed by atoms with Gasteiger partial charge in [0.2, 0.25) is 0 Å². The number of phenols is 1. The fraction of sp³-hybridized carbons (Fsp3) is 0.154. The van der Waals surface area contributed by atoms with Crippen LogP contribution in [0.2, 0.25) is 0 Å². The van der Waals surface area contributed by atoms with Gasteiger partial charge in [0, 0.05) is 0 Å². The van der Waals surface area contributed by atoms with Gasteiger partial charge < -0.3 is 20.3 Å². The van der Waals surface area contributed by atoms with Crippen LogP contribution in [0.15, 0.2) is 22.3 Å². The average Bonchev–Trinajstić information content (AvgIpc) is 2.70. The number of carboxylic acid groups (broad SMARTS) is 1. The molecular formula is C13H11BrN2O6. The van der Waals surface area contributed by atoms with Crippen LogP contribution in [-0.4, -0.2) is 46.7 Å². The zero-order valence-corrected chi connectivity index (χ0v) is 12.9. The second-order valence-electron chi connectivity index (χ2n) is 4.33. The molecule has 1 aliphatic rings. The zero-order valence-electron chi connectivity index (χ0n) is 11.3. The summed E-state index contributed by atoms with van der Waals surface area (Å²) < 4.78 is 5.33. The first kappa shape index (κ1) is 15.8. The topological polar surface area (TPSA) is 116 Å². The van der Waals surface area contributed by atoms with Crippen LogP contribution in [-0.2, 0) is 9.59 Å². The van der Waals surface area contributed by atoms with Crippen molar-refractivity contribution in [2.45, 2.75) is 0 Å². The van der Waals surface area contributed by atoms with Crippen molar-refractivity contribution in [3.05, 3.63) is 27.9 Å². The number of aliphatic carboxylic acids is 1. The Hall–Kier alpha value is -2.55. The molecule has 0 bridgehead atoms. The summed E-state index contributed by atoms with van der Waals surface area (Å²) in [5.74, 6) is -1.95. The number of rotatable bonds is 4. The third-order valence-electron chi connectivity index (χ3n) is 2.84. The number of methoxy groups -OCH3 is 1. The van der Waals surface area contributed by atoms with Crippen molar-refractivity contribution >= 4 is 39.9 Å². The van der Waals surface area contributed by atoms with Crippen LogP contribution >= 0.6 is 15.9 Å². The Bertz CT molecular complexity index is 700. The van der Waals surface area contributed by atoms with Gasteiger partial charge in [-0.3, -0.25) is 9.59 Å². The summed E-state index contributed by atoms with van der Waals surface area (Å²) in [5, 5.41) is 20.7. The van der Waals surface area contributed by atoms with E-state index in [9.17, 15) is 19.5 Å². The molecule has 1 saturated heterocycles. The lowest BCUT2D eigenvalue weighted by Crippen LogP contribution is -2.35. The molecule has 1 heterocycles.